The van der Waals surface area contributed by atoms with Crippen LogP contribution in [0.2, 0.25) is 5.15 Å². The number of rotatable bonds is 10. The van der Waals surface area contributed by atoms with Crippen molar-refractivity contribution in [2.75, 3.05) is 25.5 Å². The average molecular weight is 490 g/mol. The lowest BCUT2D eigenvalue weighted by Crippen LogP contribution is -2.22. The lowest BCUT2D eigenvalue weighted by atomic mass is 10.1. The summed E-state index contributed by atoms with van der Waals surface area (Å²) in [4.78, 5) is 21.6. The van der Waals surface area contributed by atoms with Crippen LogP contribution < -0.4 is 27.7 Å². The second-order valence-electron chi connectivity index (χ2n) is 6.35. The molecular formula is C19H29Cl2N7O4. The van der Waals surface area contributed by atoms with Crippen LogP contribution in [0.4, 0.5) is 5.82 Å². The molecule has 32 heavy (non-hydrogen) atoms. The van der Waals surface area contributed by atoms with Crippen molar-refractivity contribution in [2.45, 2.75) is 25.4 Å². The van der Waals surface area contributed by atoms with Crippen molar-refractivity contribution >= 4 is 41.7 Å². The molecule has 0 fully saturated rings. The first kappa shape index (κ1) is 29.1. The van der Waals surface area contributed by atoms with Gasteiger partial charge in [0.25, 0.3) is 5.91 Å². The van der Waals surface area contributed by atoms with Crippen molar-refractivity contribution in [3.63, 3.8) is 0 Å². The molecule has 2 aromatic rings. The molecule has 1 unspecified atom stereocenters. The van der Waals surface area contributed by atoms with Crippen LogP contribution in [0.3, 0.4) is 0 Å². The van der Waals surface area contributed by atoms with E-state index in [9.17, 15) is 9.90 Å². The number of aliphatic imine (C=N–C) groups is 1. The molecule has 0 saturated carbocycles. The van der Waals surface area contributed by atoms with E-state index in [1.165, 1.54) is 11.8 Å². The van der Waals surface area contributed by atoms with Crippen molar-refractivity contribution in [1.82, 2.24) is 9.97 Å². The van der Waals surface area contributed by atoms with E-state index in [4.69, 9.17) is 44.4 Å². The zero-order valence-electron chi connectivity index (χ0n) is 17.4. The Morgan fingerprint density at radius 1 is 1.19 bits per heavy atom. The summed E-state index contributed by atoms with van der Waals surface area (Å²) in [6, 6.07) is 7.69. The highest BCUT2D eigenvalue weighted by Gasteiger charge is 2.08. The SMILES string of the molecule is Cl.NC(=O)c1nc(Cl)cnc1N.NC(N)=NCCCCc1ccc(OCC(O)CO)cc1. The van der Waals surface area contributed by atoms with Crippen LogP contribution in [0, 0.1) is 0 Å². The van der Waals surface area contributed by atoms with Crippen molar-refractivity contribution in [3.05, 3.63) is 46.9 Å². The van der Waals surface area contributed by atoms with Crippen molar-refractivity contribution < 1.29 is 19.7 Å². The maximum Gasteiger partial charge on any atom is 0.271 e. The van der Waals surface area contributed by atoms with Crippen LogP contribution in [0.1, 0.15) is 28.9 Å². The zero-order valence-corrected chi connectivity index (χ0v) is 18.9. The first-order valence-corrected chi connectivity index (χ1v) is 9.74. The molecule has 1 atom stereocenters. The molecule has 178 valence electrons. The predicted octanol–water partition coefficient (Wildman–Crippen LogP) is 0.248. The summed E-state index contributed by atoms with van der Waals surface area (Å²) in [5.41, 5.74) is 21.8. The number of aryl methyl sites for hydroxylation is 1. The summed E-state index contributed by atoms with van der Waals surface area (Å²) in [5, 5.41) is 17.9. The summed E-state index contributed by atoms with van der Waals surface area (Å²) in [6.07, 6.45) is 3.31. The molecule has 0 radical (unpaired) electrons. The summed E-state index contributed by atoms with van der Waals surface area (Å²) in [7, 11) is 0. The molecule has 0 bridgehead atoms. The summed E-state index contributed by atoms with van der Waals surface area (Å²) >= 11 is 5.42. The van der Waals surface area contributed by atoms with E-state index in [0.29, 0.717) is 12.3 Å². The number of carbonyl (C=O) groups excluding carboxylic acids is 1. The van der Waals surface area contributed by atoms with Gasteiger partial charge in [-0.1, -0.05) is 23.7 Å². The van der Waals surface area contributed by atoms with E-state index >= 15 is 0 Å². The number of carbonyl (C=O) groups is 1. The van der Waals surface area contributed by atoms with Gasteiger partial charge in [-0.3, -0.25) is 9.79 Å². The highest BCUT2D eigenvalue weighted by molar-refractivity contribution is 6.29. The van der Waals surface area contributed by atoms with Gasteiger partial charge < -0.3 is 37.9 Å². The van der Waals surface area contributed by atoms with Gasteiger partial charge in [0.1, 0.15) is 23.6 Å². The number of primary amides is 1. The largest absolute Gasteiger partial charge is 0.491 e. The quantitative estimate of drug-likeness (QED) is 0.153. The molecule has 1 aromatic heterocycles. The number of amides is 1. The third-order valence-corrected chi connectivity index (χ3v) is 3.93. The molecule has 1 amide bonds. The van der Waals surface area contributed by atoms with Gasteiger partial charge in [-0.15, -0.1) is 12.4 Å². The number of nitrogen functional groups attached to an aromatic ring is 1. The summed E-state index contributed by atoms with van der Waals surface area (Å²) in [6.45, 7) is 0.449. The molecule has 0 spiro atoms. The minimum Gasteiger partial charge on any atom is -0.491 e. The lowest BCUT2D eigenvalue weighted by molar-refractivity contribution is 0.0536. The molecular weight excluding hydrogens is 461 g/mol. The number of aliphatic hydroxyl groups excluding tert-OH is 2. The van der Waals surface area contributed by atoms with Crippen LogP contribution in [-0.4, -0.2) is 57.9 Å². The number of hydrogen-bond donors (Lipinski definition) is 6. The number of aromatic nitrogens is 2. The second-order valence-corrected chi connectivity index (χ2v) is 6.73. The van der Waals surface area contributed by atoms with Gasteiger partial charge in [0.15, 0.2) is 17.5 Å². The smallest absolute Gasteiger partial charge is 0.271 e. The fourth-order valence-corrected chi connectivity index (χ4v) is 2.34. The van der Waals surface area contributed by atoms with Crippen LogP contribution in [-0.2, 0) is 6.42 Å². The Morgan fingerprint density at radius 2 is 1.84 bits per heavy atom. The highest BCUT2D eigenvalue weighted by Crippen LogP contribution is 2.14. The Bertz CT molecular complexity index is 850. The number of ether oxygens (including phenoxy) is 1. The third kappa shape index (κ3) is 12.1. The number of nitrogens with zero attached hydrogens (tertiary/aromatic N) is 3. The number of halogens is 2. The van der Waals surface area contributed by atoms with Gasteiger partial charge in [-0.2, -0.15) is 0 Å². The fourth-order valence-electron chi connectivity index (χ4n) is 2.20. The molecule has 0 aliphatic carbocycles. The van der Waals surface area contributed by atoms with Crippen LogP contribution in [0.15, 0.2) is 35.5 Å². The van der Waals surface area contributed by atoms with Crippen LogP contribution in [0.25, 0.3) is 0 Å². The van der Waals surface area contributed by atoms with Crippen LogP contribution in [0.5, 0.6) is 5.75 Å². The van der Waals surface area contributed by atoms with Crippen LogP contribution >= 0.6 is 24.0 Å². The molecule has 2 rings (SSSR count). The van der Waals surface area contributed by atoms with E-state index in [-0.39, 0.29) is 48.2 Å². The summed E-state index contributed by atoms with van der Waals surface area (Å²) < 4.78 is 5.33. The molecule has 13 heteroatoms. The second kappa shape index (κ2) is 15.9. The third-order valence-electron chi connectivity index (χ3n) is 3.75. The first-order chi connectivity index (χ1) is 14.7. The predicted molar refractivity (Wildman–Crippen MR) is 126 cm³/mol. The number of guanidine groups is 1. The average Bonchev–Trinajstić information content (AvgIpc) is 2.74. The molecule has 10 N–H and O–H groups in total. The van der Waals surface area contributed by atoms with Gasteiger partial charge in [0.05, 0.1) is 12.8 Å². The first-order valence-electron chi connectivity index (χ1n) is 9.36. The van der Waals surface area contributed by atoms with E-state index in [1.54, 1.807) is 0 Å². The van der Waals surface area contributed by atoms with Crippen molar-refractivity contribution in [2.24, 2.45) is 22.2 Å². The molecule has 1 aromatic carbocycles. The van der Waals surface area contributed by atoms with Crippen molar-refractivity contribution in [3.8, 4) is 5.75 Å². The monoisotopic (exact) mass is 489 g/mol. The Labute approximate surface area is 197 Å². The Hall–Kier alpha value is -2.86. The van der Waals surface area contributed by atoms with E-state index in [2.05, 4.69) is 15.0 Å². The Balaban J connectivity index is 0.000000679. The van der Waals surface area contributed by atoms with Gasteiger partial charge in [0.2, 0.25) is 0 Å². The maximum absolute atomic E-state index is 10.6. The van der Waals surface area contributed by atoms with Crippen molar-refractivity contribution in [1.29, 1.82) is 0 Å². The molecule has 0 aliphatic heterocycles. The lowest BCUT2D eigenvalue weighted by Gasteiger charge is -2.10. The molecule has 1 heterocycles. The summed E-state index contributed by atoms with van der Waals surface area (Å²) in [5.74, 6) is 0.0673. The maximum atomic E-state index is 10.6. The Morgan fingerprint density at radius 3 is 2.38 bits per heavy atom. The number of aliphatic hydroxyl groups is 2. The van der Waals surface area contributed by atoms with Gasteiger partial charge in [0, 0.05) is 6.54 Å². The molecule has 0 aliphatic rings. The highest BCUT2D eigenvalue weighted by atomic mass is 35.5. The number of unbranched alkanes of at least 4 members (excludes halogenated alkanes) is 1. The van der Waals surface area contributed by atoms with E-state index in [0.717, 1.165) is 19.3 Å². The fraction of sp³-hybridized carbons (Fsp3) is 0.368. The van der Waals surface area contributed by atoms with Gasteiger partial charge >= 0.3 is 0 Å². The number of benzene rings is 1. The standard InChI is InChI=1S/C14H23N3O3.C5H5ClN4O.ClH/c15-14(16)17-8-2-1-3-11-4-6-13(7-5-11)20-10-12(19)9-18;6-2-1-9-4(7)3(10-2)5(8)11;/h4-7,12,18-19H,1-3,8-10H2,(H4,15,16,17);1H,(H2,7,9)(H2,8,11);1H. The normalized spacial score (nSPS) is 10.7. The minimum atomic E-state index is -0.842. The van der Waals surface area contributed by atoms with Gasteiger partial charge in [-0.05, 0) is 37.0 Å². The van der Waals surface area contributed by atoms with E-state index in [1.807, 2.05) is 24.3 Å². The minimum absolute atomic E-state index is 0. The van der Waals surface area contributed by atoms with Gasteiger partial charge in [-0.25, -0.2) is 9.97 Å². The number of nitrogens with two attached hydrogens (primary N) is 4. The molecule has 0 saturated heterocycles. The number of anilines is 1. The zero-order chi connectivity index (χ0) is 23.2. The Kier molecular flexibility index (Phi) is 14.5. The molecule has 11 nitrogen and oxygen atoms in total. The number of hydrogen-bond acceptors (Lipinski definition) is 8. The topological polar surface area (TPSA) is 209 Å². The van der Waals surface area contributed by atoms with E-state index < -0.39 is 12.0 Å².